The highest BCUT2D eigenvalue weighted by Gasteiger charge is 2.27. The van der Waals surface area contributed by atoms with E-state index in [4.69, 9.17) is 4.42 Å². The van der Waals surface area contributed by atoms with Crippen molar-refractivity contribution in [2.24, 2.45) is 5.92 Å². The van der Waals surface area contributed by atoms with Crippen LogP contribution in [-0.4, -0.2) is 49.1 Å². The largest absolute Gasteiger partial charge is 0.458 e. The van der Waals surface area contributed by atoms with E-state index in [9.17, 15) is 13.2 Å². The monoisotopic (exact) mass is 380 g/mol. The lowest BCUT2D eigenvalue weighted by Crippen LogP contribution is -2.27. The van der Waals surface area contributed by atoms with Crippen molar-refractivity contribution in [2.45, 2.75) is 38.5 Å². The second-order valence-electron chi connectivity index (χ2n) is 6.93. The Labute approximate surface area is 153 Å². The van der Waals surface area contributed by atoms with Gasteiger partial charge in [-0.3, -0.25) is 9.89 Å². The zero-order chi connectivity index (χ0) is 18.9. The number of sulfonamides is 1. The van der Waals surface area contributed by atoms with E-state index in [1.807, 2.05) is 13.8 Å². The number of hydrogen-bond acceptors (Lipinski definition) is 5. The van der Waals surface area contributed by atoms with E-state index in [2.05, 4.69) is 14.9 Å². The Bertz CT molecular complexity index is 892. The molecule has 8 nitrogen and oxygen atoms in total. The third-order valence-electron chi connectivity index (χ3n) is 4.35. The molecule has 0 aliphatic carbocycles. The highest BCUT2D eigenvalue weighted by molar-refractivity contribution is 7.89. The van der Waals surface area contributed by atoms with Crippen LogP contribution in [0.3, 0.4) is 0 Å². The zero-order valence-corrected chi connectivity index (χ0v) is 16.0. The minimum Gasteiger partial charge on any atom is -0.458 e. The predicted octanol–water partition coefficient (Wildman–Crippen LogP) is 2.15. The molecule has 0 atom stereocenters. The minimum atomic E-state index is -3.68. The summed E-state index contributed by atoms with van der Waals surface area (Å²) >= 11 is 0. The van der Waals surface area contributed by atoms with Crippen molar-refractivity contribution in [3.05, 3.63) is 23.6 Å². The lowest BCUT2D eigenvalue weighted by Gasteiger charge is -2.14. The molecule has 1 saturated heterocycles. The fourth-order valence-corrected chi connectivity index (χ4v) is 4.33. The van der Waals surface area contributed by atoms with Gasteiger partial charge in [0, 0.05) is 25.7 Å². The second-order valence-corrected chi connectivity index (χ2v) is 8.67. The maximum Gasteiger partial charge on any atom is 0.257 e. The van der Waals surface area contributed by atoms with Crippen molar-refractivity contribution in [3.63, 3.8) is 0 Å². The first-order valence-corrected chi connectivity index (χ1v) is 10.2. The first-order valence-electron chi connectivity index (χ1n) is 8.72. The maximum absolute atomic E-state index is 12.7. The molecule has 1 fully saturated rings. The molecule has 0 aromatic carbocycles. The molecule has 1 aliphatic heterocycles. The Morgan fingerprint density at radius 2 is 2.08 bits per heavy atom. The summed E-state index contributed by atoms with van der Waals surface area (Å²) in [5, 5.41) is 6.72. The standard InChI is InChI=1S/C17H24N4O4S/c1-11(2)9-19-26(23,24)15-8-14(25-12(15)3)16-13(10-18-20-16)17(22)21-6-4-5-7-21/h8,10-11,19H,4-7,9H2,1-3H3,(H,18,20). The van der Waals surface area contributed by atoms with E-state index in [-0.39, 0.29) is 28.2 Å². The average molecular weight is 380 g/mol. The molecule has 0 bridgehead atoms. The van der Waals surface area contributed by atoms with Gasteiger partial charge in [-0.2, -0.15) is 5.10 Å². The lowest BCUT2D eigenvalue weighted by atomic mass is 10.2. The molecule has 0 unspecified atom stereocenters. The smallest absolute Gasteiger partial charge is 0.257 e. The van der Waals surface area contributed by atoms with E-state index >= 15 is 0 Å². The molecule has 3 heterocycles. The number of likely N-dealkylation sites (tertiary alicyclic amines) is 1. The number of aromatic nitrogens is 2. The molecular formula is C17H24N4O4S. The summed E-state index contributed by atoms with van der Waals surface area (Å²) < 4.78 is 33.2. The minimum absolute atomic E-state index is 0.0716. The predicted molar refractivity (Wildman–Crippen MR) is 96.2 cm³/mol. The van der Waals surface area contributed by atoms with Gasteiger partial charge in [0.2, 0.25) is 10.0 Å². The average Bonchev–Trinajstić information content (AvgIpc) is 3.32. The van der Waals surface area contributed by atoms with Gasteiger partial charge in [-0.25, -0.2) is 13.1 Å². The van der Waals surface area contributed by atoms with E-state index in [0.717, 1.165) is 25.9 Å². The van der Waals surface area contributed by atoms with E-state index in [1.54, 1.807) is 11.8 Å². The molecule has 142 valence electrons. The Morgan fingerprint density at radius 3 is 2.73 bits per heavy atom. The quantitative estimate of drug-likeness (QED) is 0.798. The topological polar surface area (TPSA) is 108 Å². The number of carbonyl (C=O) groups excluding carboxylic acids is 1. The van der Waals surface area contributed by atoms with Gasteiger partial charge in [0.1, 0.15) is 16.3 Å². The van der Waals surface area contributed by atoms with Crippen molar-refractivity contribution in [1.82, 2.24) is 19.8 Å². The molecule has 0 radical (unpaired) electrons. The van der Waals surface area contributed by atoms with Crippen LogP contribution in [-0.2, 0) is 10.0 Å². The molecule has 0 spiro atoms. The number of nitrogens with zero attached hydrogens (tertiary/aromatic N) is 2. The molecule has 0 saturated carbocycles. The summed E-state index contributed by atoms with van der Waals surface area (Å²) in [6.07, 6.45) is 3.43. The number of aromatic amines is 1. The van der Waals surface area contributed by atoms with Crippen molar-refractivity contribution < 1.29 is 17.6 Å². The van der Waals surface area contributed by atoms with E-state index < -0.39 is 10.0 Å². The molecule has 2 aromatic heterocycles. The van der Waals surface area contributed by atoms with Gasteiger partial charge in [-0.05, 0) is 25.7 Å². The first-order chi connectivity index (χ1) is 12.3. The summed E-state index contributed by atoms with van der Waals surface area (Å²) in [7, 11) is -3.68. The van der Waals surface area contributed by atoms with Crippen LogP contribution < -0.4 is 4.72 Å². The number of furan rings is 1. The van der Waals surface area contributed by atoms with Gasteiger partial charge in [0.25, 0.3) is 5.91 Å². The van der Waals surface area contributed by atoms with Crippen molar-refractivity contribution in [1.29, 1.82) is 0 Å². The fraction of sp³-hybridized carbons (Fsp3) is 0.529. The van der Waals surface area contributed by atoms with Crippen LogP contribution in [0.4, 0.5) is 0 Å². The number of hydrogen-bond donors (Lipinski definition) is 2. The Hall–Kier alpha value is -2.13. The van der Waals surface area contributed by atoms with E-state index in [0.29, 0.717) is 17.8 Å². The third-order valence-corrected chi connectivity index (χ3v) is 5.88. The fourth-order valence-electron chi connectivity index (χ4n) is 2.94. The summed E-state index contributed by atoms with van der Waals surface area (Å²) in [5.41, 5.74) is 0.787. The van der Waals surface area contributed by atoms with Gasteiger partial charge in [0.05, 0.1) is 11.8 Å². The van der Waals surface area contributed by atoms with Crippen LogP contribution in [0.2, 0.25) is 0 Å². The van der Waals surface area contributed by atoms with Crippen molar-refractivity contribution in [3.8, 4) is 11.5 Å². The van der Waals surface area contributed by atoms with Crippen molar-refractivity contribution >= 4 is 15.9 Å². The Kier molecular flexibility index (Phi) is 5.19. The molecule has 2 aromatic rings. The number of carbonyl (C=O) groups is 1. The summed E-state index contributed by atoms with van der Waals surface area (Å²) in [4.78, 5) is 14.5. The number of amides is 1. The SMILES string of the molecule is Cc1oc(-c2[nH]ncc2C(=O)N2CCCC2)cc1S(=O)(=O)NCC(C)C. The molecule has 1 amide bonds. The Morgan fingerprint density at radius 1 is 1.38 bits per heavy atom. The number of aryl methyl sites for hydroxylation is 1. The molecule has 3 rings (SSSR count). The highest BCUT2D eigenvalue weighted by Crippen LogP contribution is 2.30. The van der Waals surface area contributed by atoms with Crippen LogP contribution in [0.15, 0.2) is 21.6 Å². The van der Waals surface area contributed by atoms with Crippen LogP contribution in [0, 0.1) is 12.8 Å². The molecule has 1 aliphatic rings. The lowest BCUT2D eigenvalue weighted by molar-refractivity contribution is 0.0793. The Balaban J connectivity index is 1.90. The molecular weight excluding hydrogens is 356 g/mol. The van der Waals surface area contributed by atoms with E-state index in [1.165, 1.54) is 12.3 Å². The van der Waals surface area contributed by atoms with Gasteiger partial charge in [0.15, 0.2) is 5.76 Å². The van der Waals surface area contributed by atoms with Crippen LogP contribution >= 0.6 is 0 Å². The summed E-state index contributed by atoms with van der Waals surface area (Å²) in [5.74, 6) is 0.620. The second kappa shape index (κ2) is 7.24. The van der Waals surface area contributed by atoms with Crippen LogP contribution in [0.1, 0.15) is 42.8 Å². The summed E-state index contributed by atoms with van der Waals surface area (Å²) in [6, 6.07) is 1.44. The number of rotatable bonds is 6. The normalized spacial score (nSPS) is 15.2. The third kappa shape index (κ3) is 3.68. The van der Waals surface area contributed by atoms with Gasteiger partial charge in [-0.1, -0.05) is 13.8 Å². The van der Waals surface area contributed by atoms with Crippen LogP contribution in [0.25, 0.3) is 11.5 Å². The molecule has 9 heteroatoms. The van der Waals surface area contributed by atoms with Crippen molar-refractivity contribution in [2.75, 3.05) is 19.6 Å². The van der Waals surface area contributed by atoms with Gasteiger partial charge >= 0.3 is 0 Å². The molecule has 2 N–H and O–H groups in total. The zero-order valence-electron chi connectivity index (χ0n) is 15.2. The highest BCUT2D eigenvalue weighted by atomic mass is 32.2. The maximum atomic E-state index is 12.7. The van der Waals surface area contributed by atoms with Crippen LogP contribution in [0.5, 0.6) is 0 Å². The van der Waals surface area contributed by atoms with Gasteiger partial charge in [-0.15, -0.1) is 0 Å². The van der Waals surface area contributed by atoms with Gasteiger partial charge < -0.3 is 9.32 Å². The summed E-state index contributed by atoms with van der Waals surface area (Å²) in [6.45, 7) is 7.23. The number of nitrogens with one attached hydrogen (secondary N) is 2. The molecule has 26 heavy (non-hydrogen) atoms. The number of H-pyrrole nitrogens is 1. The first kappa shape index (κ1) is 18.7.